The number of hydrogen-bond acceptors (Lipinski definition) is 8. The van der Waals surface area contributed by atoms with Crippen LogP contribution < -0.4 is 10.6 Å². The summed E-state index contributed by atoms with van der Waals surface area (Å²) in [5, 5.41) is 26.7. The Balaban J connectivity index is 1.60. The predicted octanol–water partition coefficient (Wildman–Crippen LogP) is 5.60. The summed E-state index contributed by atoms with van der Waals surface area (Å²) in [4.78, 5) is 8.48. The Labute approximate surface area is 231 Å². The number of fused-ring (bicyclic) bond motifs is 1. The summed E-state index contributed by atoms with van der Waals surface area (Å²) in [6.45, 7) is 11.9. The highest BCUT2D eigenvalue weighted by Crippen LogP contribution is 2.36. The van der Waals surface area contributed by atoms with Gasteiger partial charge in [0.1, 0.15) is 17.3 Å². The van der Waals surface area contributed by atoms with E-state index in [4.69, 9.17) is 16.3 Å². The van der Waals surface area contributed by atoms with Gasteiger partial charge in [-0.05, 0) is 37.5 Å². The topological polar surface area (TPSA) is 114 Å². The highest BCUT2D eigenvalue weighted by atomic mass is 35.5. The van der Waals surface area contributed by atoms with Gasteiger partial charge in [0.05, 0.1) is 47.2 Å². The number of nitrogens with zero attached hydrogens (tertiary/aromatic N) is 6. The molecule has 1 unspecified atom stereocenters. The van der Waals surface area contributed by atoms with E-state index in [1.54, 1.807) is 23.7 Å². The molecule has 0 spiro atoms. The summed E-state index contributed by atoms with van der Waals surface area (Å²) in [7, 11) is 0. The number of nitrogens with one attached hydrogen (secondary N) is 2. The lowest BCUT2D eigenvalue weighted by molar-refractivity contribution is -0.0965. The molecule has 39 heavy (non-hydrogen) atoms. The van der Waals surface area contributed by atoms with Crippen LogP contribution in [0.3, 0.4) is 0 Å². The first-order chi connectivity index (χ1) is 18.5. The molecule has 5 rings (SSSR count). The van der Waals surface area contributed by atoms with Crippen LogP contribution in [0.5, 0.6) is 0 Å². The normalized spacial score (nSPS) is 15.4. The Kier molecular flexibility index (Phi) is 6.91. The van der Waals surface area contributed by atoms with Gasteiger partial charge < -0.3 is 15.4 Å². The van der Waals surface area contributed by atoms with Crippen molar-refractivity contribution in [2.45, 2.75) is 46.2 Å². The van der Waals surface area contributed by atoms with Crippen molar-refractivity contribution in [1.29, 1.82) is 5.26 Å². The molecule has 0 amide bonds. The largest absolute Gasteiger partial charge is 0.383 e. The van der Waals surface area contributed by atoms with Gasteiger partial charge in [-0.3, -0.25) is 4.98 Å². The molecular weight excluding hydrogens is 519 g/mol. The summed E-state index contributed by atoms with van der Waals surface area (Å²) < 4.78 is 21.1. The average Bonchev–Trinajstić information content (AvgIpc) is 3.34. The molecule has 0 bridgehead atoms. The molecule has 1 aliphatic rings. The maximum Gasteiger partial charge on any atom is 0.213 e. The zero-order valence-electron chi connectivity index (χ0n) is 22.5. The number of pyridine rings is 2. The zero-order valence-corrected chi connectivity index (χ0v) is 23.3. The van der Waals surface area contributed by atoms with Crippen LogP contribution in [0.2, 0.25) is 5.02 Å². The van der Waals surface area contributed by atoms with Gasteiger partial charge in [-0.25, -0.2) is 9.67 Å². The number of rotatable bonds is 7. The standard InChI is InChI=1S/C28H30ClFN8O/c1-16-19(6-7-23(30)34-16)26(22-12-38(37-36-22)28(5)14-39-15-28)35-18-8-20-24(33-13-27(2,3)4)17(10-31)11-32-25(20)21(29)9-18/h6-9,11-12,26,35H,13-15H2,1-5H3,(H,32,33). The number of benzene rings is 1. The van der Waals surface area contributed by atoms with Gasteiger partial charge in [0.2, 0.25) is 5.95 Å². The number of nitriles is 1. The molecule has 0 saturated carbocycles. The quantitative estimate of drug-likeness (QED) is 0.287. The molecule has 3 aromatic heterocycles. The zero-order chi connectivity index (χ0) is 27.9. The summed E-state index contributed by atoms with van der Waals surface area (Å²) in [5.41, 5.74) is 3.95. The van der Waals surface area contributed by atoms with Crippen LogP contribution in [0.15, 0.2) is 36.7 Å². The van der Waals surface area contributed by atoms with E-state index in [2.05, 4.69) is 64.7 Å². The molecule has 0 radical (unpaired) electrons. The van der Waals surface area contributed by atoms with Gasteiger partial charge in [0.25, 0.3) is 0 Å². The molecule has 4 aromatic rings. The Morgan fingerprint density at radius 2 is 2.05 bits per heavy atom. The van der Waals surface area contributed by atoms with E-state index in [9.17, 15) is 9.65 Å². The van der Waals surface area contributed by atoms with Gasteiger partial charge in [0, 0.05) is 35.1 Å². The molecule has 202 valence electrons. The Morgan fingerprint density at radius 1 is 1.28 bits per heavy atom. The lowest BCUT2D eigenvalue weighted by atomic mass is 9.96. The van der Waals surface area contributed by atoms with E-state index in [1.807, 2.05) is 12.3 Å². The SMILES string of the molecule is Cc1nc(F)ccc1C(Nc1cc(Cl)c2ncc(C#N)c(NCC(C)(C)C)c2c1)c1cn(C2(C)COC2)nn1. The average molecular weight is 549 g/mol. The molecule has 1 atom stereocenters. The van der Waals surface area contributed by atoms with Gasteiger partial charge in [-0.1, -0.05) is 43.7 Å². The minimum Gasteiger partial charge on any atom is -0.383 e. The Hall–Kier alpha value is -3.81. The molecule has 0 aliphatic carbocycles. The van der Waals surface area contributed by atoms with Crippen LogP contribution in [0.25, 0.3) is 10.9 Å². The summed E-state index contributed by atoms with van der Waals surface area (Å²) in [6.07, 6.45) is 3.41. The number of halogens is 2. The van der Waals surface area contributed by atoms with Crippen LogP contribution in [-0.2, 0) is 10.3 Å². The minimum atomic E-state index is -0.559. The van der Waals surface area contributed by atoms with Crippen molar-refractivity contribution < 1.29 is 9.13 Å². The smallest absolute Gasteiger partial charge is 0.213 e. The third-order valence-corrected chi connectivity index (χ3v) is 7.03. The molecule has 2 N–H and O–H groups in total. The van der Waals surface area contributed by atoms with Gasteiger partial charge in [-0.15, -0.1) is 5.10 Å². The second kappa shape index (κ2) is 10.1. The van der Waals surface area contributed by atoms with Crippen LogP contribution in [0, 0.1) is 29.6 Å². The van der Waals surface area contributed by atoms with Crippen LogP contribution in [0.4, 0.5) is 15.8 Å². The van der Waals surface area contributed by atoms with Gasteiger partial charge in [-0.2, -0.15) is 9.65 Å². The number of aryl methyl sites for hydroxylation is 1. The fraction of sp³-hybridized carbons (Fsp3) is 0.393. The van der Waals surface area contributed by atoms with E-state index in [0.717, 1.165) is 5.56 Å². The van der Waals surface area contributed by atoms with Gasteiger partial charge >= 0.3 is 0 Å². The van der Waals surface area contributed by atoms with Crippen LogP contribution >= 0.6 is 11.6 Å². The fourth-order valence-corrected chi connectivity index (χ4v) is 4.77. The van der Waals surface area contributed by atoms with Crippen molar-refractivity contribution in [2.75, 3.05) is 30.4 Å². The van der Waals surface area contributed by atoms with Crippen molar-refractivity contribution in [3.63, 3.8) is 0 Å². The minimum absolute atomic E-state index is 0.0197. The van der Waals surface area contributed by atoms with Crippen molar-refractivity contribution >= 4 is 33.9 Å². The third-order valence-electron chi connectivity index (χ3n) is 6.74. The number of ether oxygens (including phenoxy) is 1. The Bertz CT molecular complexity index is 1590. The Morgan fingerprint density at radius 3 is 2.69 bits per heavy atom. The first kappa shape index (κ1) is 26.8. The molecule has 1 saturated heterocycles. The summed E-state index contributed by atoms with van der Waals surface area (Å²) >= 11 is 6.72. The molecule has 1 aromatic carbocycles. The van der Waals surface area contributed by atoms with Crippen molar-refractivity contribution in [3.8, 4) is 6.07 Å². The number of anilines is 2. The van der Waals surface area contributed by atoms with Crippen LogP contribution in [-0.4, -0.2) is 44.7 Å². The van der Waals surface area contributed by atoms with Crippen molar-refractivity contribution in [2.24, 2.45) is 5.41 Å². The molecular formula is C28H30ClFN8O. The summed E-state index contributed by atoms with van der Waals surface area (Å²) in [6, 6.07) is 8.43. The van der Waals surface area contributed by atoms with Gasteiger partial charge in [0.15, 0.2) is 0 Å². The second-order valence-electron chi connectivity index (χ2n) is 11.4. The van der Waals surface area contributed by atoms with E-state index in [0.29, 0.717) is 64.0 Å². The maximum atomic E-state index is 13.9. The molecule has 1 fully saturated rings. The lowest BCUT2D eigenvalue weighted by Crippen LogP contribution is -2.49. The molecule has 4 heterocycles. The highest BCUT2D eigenvalue weighted by molar-refractivity contribution is 6.35. The first-order valence-electron chi connectivity index (χ1n) is 12.6. The fourth-order valence-electron chi connectivity index (χ4n) is 4.50. The molecule has 9 nitrogen and oxygen atoms in total. The van der Waals surface area contributed by atoms with Crippen molar-refractivity contribution in [3.05, 3.63) is 70.1 Å². The molecule has 11 heteroatoms. The second-order valence-corrected chi connectivity index (χ2v) is 11.8. The lowest BCUT2D eigenvalue weighted by Gasteiger charge is -2.37. The van der Waals surface area contributed by atoms with E-state index >= 15 is 0 Å². The van der Waals surface area contributed by atoms with E-state index in [1.165, 1.54) is 12.3 Å². The monoisotopic (exact) mass is 548 g/mol. The number of hydrogen-bond donors (Lipinski definition) is 2. The summed E-state index contributed by atoms with van der Waals surface area (Å²) in [5.74, 6) is -0.559. The number of aromatic nitrogens is 5. The van der Waals surface area contributed by atoms with Crippen molar-refractivity contribution in [1.82, 2.24) is 25.0 Å². The van der Waals surface area contributed by atoms with Crippen LogP contribution in [0.1, 0.15) is 56.3 Å². The highest BCUT2D eigenvalue weighted by Gasteiger charge is 2.37. The molecule has 1 aliphatic heterocycles. The predicted molar refractivity (Wildman–Crippen MR) is 148 cm³/mol. The van der Waals surface area contributed by atoms with E-state index in [-0.39, 0.29) is 11.0 Å². The maximum absolute atomic E-state index is 13.9. The first-order valence-corrected chi connectivity index (χ1v) is 13.0. The van der Waals surface area contributed by atoms with E-state index < -0.39 is 12.0 Å². The third kappa shape index (κ3) is 5.37.